The van der Waals surface area contributed by atoms with Crippen LogP contribution < -0.4 is 5.32 Å². The minimum Gasteiger partial charge on any atom is -0.481 e. The van der Waals surface area contributed by atoms with Gasteiger partial charge in [0.1, 0.15) is 5.02 Å². The molecule has 0 amide bonds. The Morgan fingerprint density at radius 2 is 2.20 bits per heavy atom. The van der Waals surface area contributed by atoms with Gasteiger partial charge in [-0.05, 0) is 25.0 Å². The average molecular weight is 301 g/mol. The number of nitrogens with one attached hydrogen (secondary N) is 1. The second-order valence-corrected chi connectivity index (χ2v) is 4.99. The number of carboxylic acids is 1. The van der Waals surface area contributed by atoms with Gasteiger partial charge in [-0.25, -0.2) is 0 Å². The highest BCUT2D eigenvalue weighted by Gasteiger charge is 2.18. The zero-order chi connectivity index (χ0) is 15.3. The number of aryl methyl sites for hydroxylation is 1. The monoisotopic (exact) mass is 300 g/mol. The number of aliphatic carboxylic acids is 1. The summed E-state index contributed by atoms with van der Waals surface area (Å²) in [5.41, 5.74) is 1.11. The number of carbonyl (C=O) groups is 1. The first kappa shape index (κ1) is 16.2. The minimum atomic E-state index is -0.856. The summed E-state index contributed by atoms with van der Waals surface area (Å²) in [6.45, 7) is 3.89. The number of halogens is 1. The highest BCUT2D eigenvalue weighted by molar-refractivity contribution is 6.33. The van der Waals surface area contributed by atoms with Crippen LogP contribution in [0.4, 0.5) is 11.4 Å². The first-order chi connectivity index (χ1) is 9.36. The van der Waals surface area contributed by atoms with Crippen LogP contribution in [0.15, 0.2) is 12.1 Å². The summed E-state index contributed by atoms with van der Waals surface area (Å²) in [6.07, 6.45) is 1.35. The van der Waals surface area contributed by atoms with Crippen molar-refractivity contribution >= 4 is 28.9 Å². The van der Waals surface area contributed by atoms with Gasteiger partial charge in [-0.1, -0.05) is 24.9 Å². The van der Waals surface area contributed by atoms with Gasteiger partial charge in [-0.15, -0.1) is 0 Å². The Kier molecular flexibility index (Phi) is 5.76. The lowest BCUT2D eigenvalue weighted by atomic mass is 10.0. The van der Waals surface area contributed by atoms with Crippen molar-refractivity contribution in [2.45, 2.75) is 26.7 Å². The topological polar surface area (TPSA) is 92.5 Å². The van der Waals surface area contributed by atoms with E-state index in [1.165, 1.54) is 12.1 Å². The van der Waals surface area contributed by atoms with Crippen LogP contribution in [0.25, 0.3) is 0 Å². The average Bonchev–Trinajstić information content (AvgIpc) is 2.36. The highest BCUT2D eigenvalue weighted by atomic mass is 35.5. The second kappa shape index (κ2) is 7.09. The molecule has 0 heterocycles. The van der Waals surface area contributed by atoms with E-state index in [9.17, 15) is 14.9 Å². The third-order valence-electron chi connectivity index (χ3n) is 3.02. The highest BCUT2D eigenvalue weighted by Crippen LogP contribution is 2.30. The number of carboxylic acid groups (broad SMARTS) is 1. The maximum atomic E-state index is 11.1. The molecule has 0 bridgehead atoms. The van der Waals surface area contributed by atoms with E-state index in [0.717, 1.165) is 6.42 Å². The van der Waals surface area contributed by atoms with Gasteiger partial charge in [0, 0.05) is 18.3 Å². The first-order valence-corrected chi connectivity index (χ1v) is 6.65. The van der Waals surface area contributed by atoms with Crippen LogP contribution >= 0.6 is 11.6 Å². The standard InChI is InChI=1S/C13H17ClN2O4/c1-3-4-9(13(17)18)7-15-11-6-10(14)12(16(19)20)5-8(11)2/h5-6,9,15H,3-4,7H2,1-2H3,(H,17,18). The van der Waals surface area contributed by atoms with E-state index >= 15 is 0 Å². The van der Waals surface area contributed by atoms with Crippen molar-refractivity contribution in [2.75, 3.05) is 11.9 Å². The molecule has 0 aliphatic rings. The van der Waals surface area contributed by atoms with Gasteiger partial charge in [-0.3, -0.25) is 14.9 Å². The molecule has 0 radical (unpaired) electrons. The smallest absolute Gasteiger partial charge is 0.308 e. The molecule has 7 heteroatoms. The Bertz CT molecular complexity index is 519. The first-order valence-electron chi connectivity index (χ1n) is 6.28. The third-order valence-corrected chi connectivity index (χ3v) is 3.32. The number of nitrogens with zero attached hydrogens (tertiary/aromatic N) is 1. The van der Waals surface area contributed by atoms with Crippen molar-refractivity contribution < 1.29 is 14.8 Å². The van der Waals surface area contributed by atoms with Crippen LogP contribution in [0.3, 0.4) is 0 Å². The Labute approximate surface area is 121 Å². The molecule has 1 aromatic carbocycles. The predicted molar refractivity (Wildman–Crippen MR) is 77.4 cm³/mol. The molecular weight excluding hydrogens is 284 g/mol. The zero-order valence-electron chi connectivity index (χ0n) is 11.4. The molecule has 2 N–H and O–H groups in total. The van der Waals surface area contributed by atoms with E-state index in [1.54, 1.807) is 6.92 Å². The molecule has 0 aliphatic heterocycles. The number of anilines is 1. The van der Waals surface area contributed by atoms with Crippen molar-refractivity contribution in [3.63, 3.8) is 0 Å². The Hall–Kier alpha value is -1.82. The van der Waals surface area contributed by atoms with E-state index in [4.69, 9.17) is 16.7 Å². The van der Waals surface area contributed by atoms with Crippen LogP contribution in [-0.2, 0) is 4.79 Å². The largest absolute Gasteiger partial charge is 0.481 e. The fourth-order valence-corrected chi connectivity index (χ4v) is 2.12. The normalized spacial score (nSPS) is 11.9. The number of nitro groups is 1. The molecule has 20 heavy (non-hydrogen) atoms. The van der Waals surface area contributed by atoms with E-state index in [2.05, 4.69) is 5.32 Å². The summed E-state index contributed by atoms with van der Waals surface area (Å²) in [6, 6.07) is 2.83. The molecule has 1 atom stereocenters. The maximum absolute atomic E-state index is 11.1. The summed E-state index contributed by atoms with van der Waals surface area (Å²) in [5, 5.41) is 22.8. The Morgan fingerprint density at radius 3 is 2.70 bits per heavy atom. The number of hydrogen-bond donors (Lipinski definition) is 2. The van der Waals surface area contributed by atoms with Gasteiger partial charge in [0.05, 0.1) is 10.8 Å². The van der Waals surface area contributed by atoms with E-state index < -0.39 is 16.8 Å². The molecule has 1 rings (SSSR count). The quantitative estimate of drug-likeness (QED) is 0.594. The lowest BCUT2D eigenvalue weighted by Crippen LogP contribution is -2.23. The number of hydrogen-bond acceptors (Lipinski definition) is 4. The molecule has 0 saturated heterocycles. The predicted octanol–water partition coefficient (Wildman–Crippen LogP) is 3.47. The summed E-state index contributed by atoms with van der Waals surface area (Å²) >= 11 is 5.84. The molecule has 1 unspecified atom stereocenters. The van der Waals surface area contributed by atoms with Crippen molar-refractivity contribution in [3.8, 4) is 0 Å². The van der Waals surface area contributed by atoms with Crippen molar-refractivity contribution in [2.24, 2.45) is 5.92 Å². The molecule has 110 valence electrons. The lowest BCUT2D eigenvalue weighted by molar-refractivity contribution is -0.384. The number of rotatable bonds is 7. The maximum Gasteiger partial charge on any atom is 0.308 e. The van der Waals surface area contributed by atoms with Crippen LogP contribution in [-0.4, -0.2) is 22.5 Å². The van der Waals surface area contributed by atoms with Crippen LogP contribution in [0.5, 0.6) is 0 Å². The summed E-state index contributed by atoms with van der Waals surface area (Å²) < 4.78 is 0. The molecule has 0 spiro atoms. The van der Waals surface area contributed by atoms with Gasteiger partial charge in [0.25, 0.3) is 5.69 Å². The molecule has 0 aliphatic carbocycles. The fraction of sp³-hybridized carbons (Fsp3) is 0.462. The van der Waals surface area contributed by atoms with Crippen molar-refractivity contribution in [1.82, 2.24) is 0 Å². The molecule has 1 aromatic rings. The zero-order valence-corrected chi connectivity index (χ0v) is 12.1. The Balaban J connectivity index is 2.85. The van der Waals surface area contributed by atoms with Crippen molar-refractivity contribution in [3.05, 3.63) is 32.8 Å². The van der Waals surface area contributed by atoms with E-state index in [1.807, 2.05) is 6.92 Å². The van der Waals surface area contributed by atoms with Crippen LogP contribution in [0.1, 0.15) is 25.3 Å². The van der Waals surface area contributed by atoms with Gasteiger partial charge in [0.2, 0.25) is 0 Å². The number of benzene rings is 1. The molecular formula is C13H17ClN2O4. The molecule has 0 aromatic heterocycles. The van der Waals surface area contributed by atoms with Gasteiger partial charge < -0.3 is 10.4 Å². The van der Waals surface area contributed by atoms with E-state index in [-0.39, 0.29) is 17.3 Å². The molecule has 0 fully saturated rings. The number of nitro benzene ring substituents is 1. The summed E-state index contributed by atoms with van der Waals surface area (Å²) in [5.74, 6) is -1.35. The van der Waals surface area contributed by atoms with Crippen LogP contribution in [0.2, 0.25) is 5.02 Å². The lowest BCUT2D eigenvalue weighted by Gasteiger charge is -2.15. The van der Waals surface area contributed by atoms with Crippen LogP contribution in [0, 0.1) is 23.0 Å². The minimum absolute atomic E-state index is 0.0328. The third kappa shape index (κ3) is 4.09. The van der Waals surface area contributed by atoms with Gasteiger partial charge in [-0.2, -0.15) is 0 Å². The molecule has 6 nitrogen and oxygen atoms in total. The Morgan fingerprint density at radius 1 is 1.55 bits per heavy atom. The molecule has 0 saturated carbocycles. The van der Waals surface area contributed by atoms with Gasteiger partial charge in [0.15, 0.2) is 0 Å². The fourth-order valence-electron chi connectivity index (χ4n) is 1.89. The van der Waals surface area contributed by atoms with E-state index in [0.29, 0.717) is 17.7 Å². The summed E-state index contributed by atoms with van der Waals surface area (Å²) in [7, 11) is 0. The van der Waals surface area contributed by atoms with Crippen molar-refractivity contribution in [1.29, 1.82) is 0 Å². The summed E-state index contributed by atoms with van der Waals surface area (Å²) in [4.78, 5) is 21.3. The second-order valence-electron chi connectivity index (χ2n) is 4.58. The SMILES string of the molecule is CCCC(CNc1cc(Cl)c([N+](=O)[O-])cc1C)C(=O)O. The van der Waals surface area contributed by atoms with Gasteiger partial charge >= 0.3 is 5.97 Å².